The number of hydrogen-bond donors (Lipinski definition) is 0. The Morgan fingerprint density at radius 2 is 0.656 bits per heavy atom. The standard InChI is InChI=1S/C64H38/c1-3-15-39(16-4-1)41-20-11-22-45(35-41)59-55-32-31-44(48-33-34-54-50-26-10-9-25-49(50)53-29-13-27-52(48)61(53)54)37-57(55)60(46-23-12-21-42(36-46)40-17-5-2-6-18-40)64-58-38-43-19-7-8-24-47(43)51-28-14-30-56(62(51)58)63(59)64/h1-38H. The van der Waals surface area contributed by atoms with E-state index in [1.807, 2.05) is 0 Å². The Kier molecular flexibility index (Phi) is 7.49. The second-order valence-electron chi connectivity index (χ2n) is 17.5. The lowest BCUT2D eigenvalue weighted by atomic mass is 9.80. The molecule has 0 heterocycles. The van der Waals surface area contributed by atoms with Crippen LogP contribution >= 0.6 is 0 Å². The zero-order valence-corrected chi connectivity index (χ0v) is 34.9. The molecular weight excluding hydrogens is 769 g/mol. The van der Waals surface area contributed by atoms with Gasteiger partial charge in [-0.25, -0.2) is 0 Å². The Morgan fingerprint density at radius 3 is 1.38 bits per heavy atom. The monoisotopic (exact) mass is 806 g/mol. The third kappa shape index (κ3) is 5.05. The quantitative estimate of drug-likeness (QED) is 0.152. The lowest BCUT2D eigenvalue weighted by molar-refractivity contribution is 1.59. The summed E-state index contributed by atoms with van der Waals surface area (Å²) in [4.78, 5) is 0. The molecule has 2 aliphatic rings. The molecule has 0 saturated heterocycles. The average molecular weight is 807 g/mol. The predicted octanol–water partition coefficient (Wildman–Crippen LogP) is 17.9. The van der Waals surface area contributed by atoms with E-state index >= 15 is 0 Å². The third-order valence-corrected chi connectivity index (χ3v) is 14.1. The minimum atomic E-state index is 1.21. The number of benzene rings is 12. The highest BCUT2D eigenvalue weighted by atomic mass is 14.3. The molecule has 0 fully saturated rings. The Morgan fingerprint density at radius 1 is 0.172 bits per heavy atom. The lowest BCUT2D eigenvalue weighted by Gasteiger charge is -2.22. The minimum absolute atomic E-state index is 1.21. The summed E-state index contributed by atoms with van der Waals surface area (Å²) in [5.41, 5.74) is 22.8. The van der Waals surface area contributed by atoms with Gasteiger partial charge >= 0.3 is 0 Å². The van der Waals surface area contributed by atoms with E-state index in [2.05, 4.69) is 231 Å². The first-order valence-corrected chi connectivity index (χ1v) is 22.3. The first-order chi connectivity index (χ1) is 31.8. The zero-order chi connectivity index (χ0) is 41.9. The number of fused-ring (bicyclic) bond motifs is 9. The van der Waals surface area contributed by atoms with Crippen molar-refractivity contribution in [3.63, 3.8) is 0 Å². The molecule has 0 saturated carbocycles. The van der Waals surface area contributed by atoms with Gasteiger partial charge in [-0.2, -0.15) is 0 Å². The third-order valence-electron chi connectivity index (χ3n) is 14.1. The van der Waals surface area contributed by atoms with Crippen molar-refractivity contribution in [2.75, 3.05) is 0 Å². The molecule has 0 aliphatic heterocycles. The second kappa shape index (κ2) is 13.6. The normalized spacial score (nSPS) is 12.1. The van der Waals surface area contributed by atoms with E-state index in [-0.39, 0.29) is 0 Å². The summed E-state index contributed by atoms with van der Waals surface area (Å²) in [6.07, 6.45) is 0. The van der Waals surface area contributed by atoms with Crippen molar-refractivity contribution >= 4 is 43.1 Å². The molecule has 0 atom stereocenters. The Bertz CT molecular complexity index is 3900. The molecule has 0 unspecified atom stereocenters. The van der Waals surface area contributed by atoms with Gasteiger partial charge in [0.2, 0.25) is 0 Å². The van der Waals surface area contributed by atoms with Crippen molar-refractivity contribution in [2.24, 2.45) is 0 Å². The van der Waals surface area contributed by atoms with E-state index in [1.165, 1.54) is 143 Å². The predicted molar refractivity (Wildman–Crippen MR) is 273 cm³/mol. The Balaban J connectivity index is 1.14. The van der Waals surface area contributed by atoms with E-state index < -0.39 is 0 Å². The first-order valence-electron chi connectivity index (χ1n) is 22.3. The lowest BCUT2D eigenvalue weighted by Crippen LogP contribution is -1.95. The molecular formula is C64H38. The summed E-state index contributed by atoms with van der Waals surface area (Å²) < 4.78 is 0. The van der Waals surface area contributed by atoms with E-state index in [0.29, 0.717) is 0 Å². The fourth-order valence-corrected chi connectivity index (χ4v) is 11.4. The van der Waals surface area contributed by atoms with Crippen LogP contribution in [0.25, 0.3) is 143 Å². The van der Waals surface area contributed by atoms with Gasteiger partial charge in [-0.15, -0.1) is 0 Å². The number of hydrogen-bond acceptors (Lipinski definition) is 0. The van der Waals surface area contributed by atoms with Crippen LogP contribution in [-0.2, 0) is 0 Å². The smallest absolute Gasteiger partial charge is 0.000719 e. The summed E-state index contributed by atoms with van der Waals surface area (Å²) in [7, 11) is 0. The average Bonchev–Trinajstić information content (AvgIpc) is 3.87. The summed E-state index contributed by atoms with van der Waals surface area (Å²) in [5.74, 6) is 0. The molecule has 294 valence electrons. The van der Waals surface area contributed by atoms with Crippen LogP contribution in [0.3, 0.4) is 0 Å². The maximum absolute atomic E-state index is 2.51. The summed E-state index contributed by atoms with van der Waals surface area (Å²) >= 11 is 0. The van der Waals surface area contributed by atoms with Gasteiger partial charge in [0.05, 0.1) is 0 Å². The van der Waals surface area contributed by atoms with Crippen LogP contribution in [0.2, 0.25) is 0 Å². The van der Waals surface area contributed by atoms with Gasteiger partial charge in [-0.3, -0.25) is 0 Å². The minimum Gasteiger partial charge on any atom is -0.0622 e. The van der Waals surface area contributed by atoms with Gasteiger partial charge in [0.15, 0.2) is 0 Å². The fourth-order valence-electron chi connectivity index (χ4n) is 11.4. The SMILES string of the molecule is c1ccc(-c2cccc(-c3c4c(c(-c5cccc(-c6ccccc6)c5)c5cc(-c6ccc7c8c(cccc68)-c6ccccc6-7)ccc35)-c3cc5ccccc5c5cccc-4c35)c2)cc1. The van der Waals surface area contributed by atoms with Gasteiger partial charge in [-0.1, -0.05) is 206 Å². The van der Waals surface area contributed by atoms with E-state index in [9.17, 15) is 0 Å². The Labute approximate surface area is 372 Å². The molecule has 0 N–H and O–H groups in total. The topological polar surface area (TPSA) is 0 Å². The highest BCUT2D eigenvalue weighted by Crippen LogP contribution is 2.59. The molecule has 14 rings (SSSR count). The molecule has 64 heavy (non-hydrogen) atoms. The summed E-state index contributed by atoms with van der Waals surface area (Å²) in [5, 5.41) is 10.3. The van der Waals surface area contributed by atoms with Gasteiger partial charge in [-0.05, 0) is 167 Å². The maximum atomic E-state index is 2.51. The first kappa shape index (κ1) is 35.3. The Hall–Kier alpha value is -8.32. The van der Waals surface area contributed by atoms with Gasteiger partial charge in [0.25, 0.3) is 0 Å². The largest absolute Gasteiger partial charge is 0.0622 e. The van der Waals surface area contributed by atoms with E-state index in [0.717, 1.165) is 0 Å². The molecule has 12 aromatic rings. The highest BCUT2D eigenvalue weighted by molar-refractivity contribution is 6.31. The van der Waals surface area contributed by atoms with Crippen molar-refractivity contribution in [3.05, 3.63) is 231 Å². The second-order valence-corrected chi connectivity index (χ2v) is 17.5. The number of rotatable bonds is 5. The highest BCUT2D eigenvalue weighted by Gasteiger charge is 2.32. The summed E-state index contributed by atoms with van der Waals surface area (Å²) in [6.45, 7) is 0. The molecule has 2 aliphatic carbocycles. The summed E-state index contributed by atoms with van der Waals surface area (Å²) in [6, 6.07) is 86.2. The molecule has 0 radical (unpaired) electrons. The van der Waals surface area contributed by atoms with Crippen molar-refractivity contribution < 1.29 is 0 Å². The molecule has 0 aromatic heterocycles. The van der Waals surface area contributed by atoms with Crippen LogP contribution in [0.1, 0.15) is 0 Å². The molecule has 0 amide bonds. The van der Waals surface area contributed by atoms with Crippen molar-refractivity contribution in [1.82, 2.24) is 0 Å². The van der Waals surface area contributed by atoms with Crippen molar-refractivity contribution in [2.45, 2.75) is 0 Å². The van der Waals surface area contributed by atoms with Crippen LogP contribution in [0.5, 0.6) is 0 Å². The van der Waals surface area contributed by atoms with Crippen molar-refractivity contribution in [3.8, 4) is 100 Å². The van der Waals surface area contributed by atoms with Gasteiger partial charge < -0.3 is 0 Å². The van der Waals surface area contributed by atoms with Crippen LogP contribution in [0.4, 0.5) is 0 Å². The molecule has 0 heteroatoms. The molecule has 12 aromatic carbocycles. The molecule has 0 spiro atoms. The maximum Gasteiger partial charge on any atom is -0.000719 e. The van der Waals surface area contributed by atoms with Gasteiger partial charge in [0, 0.05) is 0 Å². The van der Waals surface area contributed by atoms with Crippen LogP contribution in [0, 0.1) is 0 Å². The molecule has 0 nitrogen and oxygen atoms in total. The zero-order valence-electron chi connectivity index (χ0n) is 34.9. The van der Waals surface area contributed by atoms with Crippen LogP contribution in [-0.4, -0.2) is 0 Å². The molecule has 0 bridgehead atoms. The van der Waals surface area contributed by atoms with Crippen molar-refractivity contribution in [1.29, 1.82) is 0 Å². The van der Waals surface area contributed by atoms with Crippen LogP contribution in [0.15, 0.2) is 231 Å². The van der Waals surface area contributed by atoms with E-state index in [1.54, 1.807) is 0 Å². The van der Waals surface area contributed by atoms with Crippen LogP contribution < -0.4 is 0 Å². The van der Waals surface area contributed by atoms with Gasteiger partial charge in [0.1, 0.15) is 0 Å². The van der Waals surface area contributed by atoms with E-state index in [4.69, 9.17) is 0 Å². The fraction of sp³-hybridized carbons (Fsp3) is 0.